The molecule has 0 radical (unpaired) electrons. The average molecular weight is 332 g/mol. The highest BCUT2D eigenvalue weighted by Crippen LogP contribution is 2.33. The first kappa shape index (κ1) is 16.4. The molecule has 19 heavy (non-hydrogen) atoms. The van der Waals surface area contributed by atoms with Crippen molar-refractivity contribution in [2.45, 2.75) is 25.3 Å². The lowest BCUT2D eigenvalue weighted by Gasteiger charge is -2.29. The first-order chi connectivity index (χ1) is 8.94. The van der Waals surface area contributed by atoms with Crippen molar-refractivity contribution in [1.82, 2.24) is 5.32 Å². The van der Waals surface area contributed by atoms with Gasteiger partial charge in [0, 0.05) is 22.0 Å². The third-order valence-electron chi connectivity index (χ3n) is 3.16. The maximum Gasteiger partial charge on any atom is 0.122 e. The van der Waals surface area contributed by atoms with E-state index in [4.69, 9.17) is 14.9 Å². The molecule has 4 nitrogen and oxygen atoms in total. The van der Waals surface area contributed by atoms with Gasteiger partial charge in [-0.1, -0.05) is 29.8 Å². The van der Waals surface area contributed by atoms with E-state index in [1.165, 1.54) is 0 Å². The third kappa shape index (κ3) is 4.45. The number of rotatable bonds is 7. The highest BCUT2D eigenvalue weighted by atomic mass is 79.9. The molecule has 0 fully saturated rings. The summed E-state index contributed by atoms with van der Waals surface area (Å²) < 4.78 is 6.40. The third-order valence-corrected chi connectivity index (χ3v) is 3.66. The van der Waals surface area contributed by atoms with Crippen LogP contribution in [0, 0.1) is 0 Å². The topological polar surface area (TPSA) is 61.7 Å². The monoisotopic (exact) mass is 331 g/mol. The summed E-state index contributed by atoms with van der Waals surface area (Å²) in [6, 6.07) is 5.61. The molecule has 0 bridgehead atoms. The van der Waals surface area contributed by atoms with Crippen molar-refractivity contribution >= 4 is 15.9 Å². The van der Waals surface area contributed by atoms with Crippen LogP contribution in [0.5, 0.6) is 5.75 Å². The molecule has 0 aliphatic rings. The number of aliphatic hydroxyl groups is 2. The number of hydrogen-bond acceptors (Lipinski definition) is 4. The van der Waals surface area contributed by atoms with Gasteiger partial charge < -0.3 is 20.3 Å². The van der Waals surface area contributed by atoms with E-state index in [0.717, 1.165) is 15.8 Å². The van der Waals surface area contributed by atoms with Crippen LogP contribution in [0.1, 0.15) is 19.4 Å². The summed E-state index contributed by atoms with van der Waals surface area (Å²) in [5.41, 5.74) is 0.893. The van der Waals surface area contributed by atoms with Crippen LogP contribution in [0.15, 0.2) is 22.7 Å². The van der Waals surface area contributed by atoms with E-state index in [1.54, 1.807) is 7.11 Å². The molecule has 0 atom stereocenters. The van der Waals surface area contributed by atoms with Crippen molar-refractivity contribution in [1.29, 1.82) is 0 Å². The van der Waals surface area contributed by atoms with E-state index in [2.05, 4.69) is 35.1 Å². The normalized spacial score (nSPS) is 11.9. The summed E-state index contributed by atoms with van der Waals surface area (Å²) in [4.78, 5) is 0. The van der Waals surface area contributed by atoms with Gasteiger partial charge in [-0.05, 0) is 18.2 Å². The van der Waals surface area contributed by atoms with E-state index in [0.29, 0.717) is 6.54 Å². The Bertz CT molecular complexity index is 406. The second-order valence-electron chi connectivity index (χ2n) is 5.17. The predicted octanol–water partition coefficient (Wildman–Crippen LogP) is 1.68. The molecule has 0 unspecified atom stereocenters. The van der Waals surface area contributed by atoms with Crippen molar-refractivity contribution in [3.63, 3.8) is 0 Å². The first-order valence-corrected chi connectivity index (χ1v) is 7.03. The van der Waals surface area contributed by atoms with Gasteiger partial charge in [-0.2, -0.15) is 0 Å². The van der Waals surface area contributed by atoms with E-state index >= 15 is 0 Å². The summed E-state index contributed by atoms with van der Waals surface area (Å²) in [6.07, 6.45) is 0. The number of aliphatic hydroxyl groups excluding tert-OH is 2. The molecule has 0 saturated heterocycles. The van der Waals surface area contributed by atoms with Gasteiger partial charge in [0.15, 0.2) is 0 Å². The zero-order valence-corrected chi connectivity index (χ0v) is 13.2. The van der Waals surface area contributed by atoms with Crippen LogP contribution in [-0.2, 0) is 5.41 Å². The summed E-state index contributed by atoms with van der Waals surface area (Å²) in [6.45, 7) is 4.65. The molecule has 0 aromatic heterocycles. The Balaban J connectivity index is 2.89. The Morgan fingerprint density at radius 3 is 2.47 bits per heavy atom. The van der Waals surface area contributed by atoms with Crippen molar-refractivity contribution in [3.05, 3.63) is 28.2 Å². The number of ether oxygens (including phenoxy) is 1. The molecule has 0 amide bonds. The van der Waals surface area contributed by atoms with E-state index in [-0.39, 0.29) is 24.7 Å². The molecule has 0 aliphatic carbocycles. The second-order valence-corrected chi connectivity index (χ2v) is 6.09. The molecular weight excluding hydrogens is 310 g/mol. The van der Waals surface area contributed by atoms with Crippen molar-refractivity contribution in [2.24, 2.45) is 0 Å². The van der Waals surface area contributed by atoms with Crippen LogP contribution in [0.4, 0.5) is 0 Å². The van der Waals surface area contributed by atoms with E-state index in [1.807, 2.05) is 18.2 Å². The number of nitrogens with one attached hydrogen (secondary N) is 1. The van der Waals surface area contributed by atoms with Gasteiger partial charge in [0.25, 0.3) is 0 Å². The average Bonchev–Trinajstić information content (AvgIpc) is 2.39. The van der Waals surface area contributed by atoms with Crippen molar-refractivity contribution < 1.29 is 14.9 Å². The predicted molar refractivity (Wildman–Crippen MR) is 79.7 cm³/mol. The van der Waals surface area contributed by atoms with Gasteiger partial charge >= 0.3 is 0 Å². The summed E-state index contributed by atoms with van der Waals surface area (Å²) in [7, 11) is 1.65. The minimum absolute atomic E-state index is 0.0812. The van der Waals surface area contributed by atoms with Gasteiger partial charge in [0.2, 0.25) is 0 Å². The van der Waals surface area contributed by atoms with Gasteiger partial charge in [-0.25, -0.2) is 0 Å². The highest BCUT2D eigenvalue weighted by molar-refractivity contribution is 9.10. The molecule has 0 aliphatic heterocycles. The van der Waals surface area contributed by atoms with Crippen LogP contribution >= 0.6 is 15.9 Å². The molecule has 0 spiro atoms. The van der Waals surface area contributed by atoms with Gasteiger partial charge in [0.05, 0.1) is 26.4 Å². The summed E-state index contributed by atoms with van der Waals surface area (Å²) in [5, 5.41) is 21.3. The molecule has 0 heterocycles. The SMILES string of the molecule is COc1ccc(Br)cc1C(C)(C)CNC(CO)CO. The number of hydrogen-bond donors (Lipinski definition) is 3. The van der Waals surface area contributed by atoms with Gasteiger partial charge in [-0.15, -0.1) is 0 Å². The van der Waals surface area contributed by atoms with Crippen LogP contribution in [0.3, 0.4) is 0 Å². The fourth-order valence-electron chi connectivity index (χ4n) is 1.89. The Hall–Kier alpha value is -0.620. The Morgan fingerprint density at radius 2 is 1.95 bits per heavy atom. The fraction of sp³-hybridized carbons (Fsp3) is 0.571. The van der Waals surface area contributed by atoms with Crippen LogP contribution in [0.2, 0.25) is 0 Å². The number of methoxy groups -OCH3 is 1. The maximum absolute atomic E-state index is 9.08. The summed E-state index contributed by atoms with van der Waals surface area (Å²) in [5.74, 6) is 0.833. The number of halogens is 1. The Labute approximate surface area is 122 Å². The van der Waals surface area contributed by atoms with Gasteiger partial charge in [-0.3, -0.25) is 0 Å². The zero-order chi connectivity index (χ0) is 14.5. The quantitative estimate of drug-likeness (QED) is 0.711. The standard InChI is InChI=1S/C14H22BrNO3/c1-14(2,9-16-11(7-17)8-18)12-6-10(15)4-5-13(12)19-3/h4-6,11,16-18H,7-9H2,1-3H3. The van der Waals surface area contributed by atoms with Crippen LogP contribution in [0.25, 0.3) is 0 Å². The molecule has 108 valence electrons. The molecule has 3 N–H and O–H groups in total. The molecule has 1 aromatic carbocycles. The Morgan fingerprint density at radius 1 is 1.32 bits per heavy atom. The minimum Gasteiger partial charge on any atom is -0.496 e. The van der Waals surface area contributed by atoms with Gasteiger partial charge in [0.1, 0.15) is 5.75 Å². The van der Waals surface area contributed by atoms with E-state index < -0.39 is 0 Å². The highest BCUT2D eigenvalue weighted by Gasteiger charge is 2.25. The first-order valence-electron chi connectivity index (χ1n) is 6.23. The maximum atomic E-state index is 9.08. The molecule has 0 saturated carbocycles. The van der Waals surface area contributed by atoms with Crippen molar-refractivity contribution in [2.75, 3.05) is 26.9 Å². The minimum atomic E-state index is -0.294. The smallest absolute Gasteiger partial charge is 0.122 e. The lowest BCUT2D eigenvalue weighted by molar-refractivity contribution is 0.166. The fourth-order valence-corrected chi connectivity index (χ4v) is 2.25. The van der Waals surface area contributed by atoms with Crippen LogP contribution < -0.4 is 10.1 Å². The lowest BCUT2D eigenvalue weighted by Crippen LogP contribution is -2.43. The Kier molecular flexibility index (Phi) is 6.26. The second kappa shape index (κ2) is 7.24. The van der Waals surface area contributed by atoms with E-state index in [9.17, 15) is 0 Å². The number of benzene rings is 1. The molecule has 1 aromatic rings. The van der Waals surface area contributed by atoms with Crippen molar-refractivity contribution in [3.8, 4) is 5.75 Å². The zero-order valence-electron chi connectivity index (χ0n) is 11.6. The van der Waals surface area contributed by atoms with Crippen LogP contribution in [-0.4, -0.2) is 43.1 Å². The lowest BCUT2D eigenvalue weighted by atomic mass is 9.83. The molecular formula is C14H22BrNO3. The molecule has 1 rings (SSSR count). The summed E-state index contributed by atoms with van der Waals surface area (Å²) >= 11 is 3.47. The largest absolute Gasteiger partial charge is 0.496 e. The molecule has 5 heteroatoms.